The van der Waals surface area contributed by atoms with Gasteiger partial charge in [-0.15, -0.1) is 0 Å². The van der Waals surface area contributed by atoms with Crippen LogP contribution < -0.4 is 19.3 Å². The van der Waals surface area contributed by atoms with Gasteiger partial charge < -0.3 is 18.1 Å². The van der Waals surface area contributed by atoms with E-state index < -0.39 is 15.7 Å². The Morgan fingerprint density at radius 2 is 1.32 bits per heavy atom. The Morgan fingerprint density at radius 3 is 1.94 bits per heavy atom. The molecule has 0 radical (unpaired) electrons. The van der Waals surface area contributed by atoms with E-state index in [-0.39, 0.29) is 16.2 Å². The topological polar surface area (TPSA) is 92.0 Å². The van der Waals surface area contributed by atoms with Crippen LogP contribution in [0.15, 0.2) is 86.9 Å². The van der Waals surface area contributed by atoms with Gasteiger partial charge in [0.05, 0.1) is 19.8 Å². The zero-order valence-corrected chi connectivity index (χ0v) is 17.5. The maximum absolute atomic E-state index is 12.5. The van der Waals surface area contributed by atoms with Crippen molar-refractivity contribution in [1.82, 2.24) is 0 Å². The van der Waals surface area contributed by atoms with Crippen molar-refractivity contribution >= 4 is 21.1 Å². The lowest BCUT2D eigenvalue weighted by Gasteiger charge is -2.09. The number of fused-ring (bicyclic) bond motifs is 1. The number of hydrogen-bond donors (Lipinski definition) is 0. The average molecular weight is 438 g/mol. The third-order valence-electron chi connectivity index (χ3n) is 4.66. The fourth-order valence-corrected chi connectivity index (χ4v) is 3.96. The van der Waals surface area contributed by atoms with Crippen molar-refractivity contribution in [2.45, 2.75) is 4.90 Å². The summed E-state index contributed by atoms with van der Waals surface area (Å²) < 4.78 is 45.8. The molecule has 4 rings (SSSR count). The van der Waals surface area contributed by atoms with Crippen molar-refractivity contribution in [3.05, 3.63) is 83.2 Å². The first-order chi connectivity index (χ1) is 14.9. The average Bonchev–Trinajstić information content (AvgIpc) is 2.78. The second kappa shape index (κ2) is 8.16. The van der Waals surface area contributed by atoms with E-state index in [0.717, 1.165) is 0 Å². The SMILES string of the molecule is COc1ccc(-c2cc3ccc(OS(=O)(=O)c4ccc(OC)cc4)cc3oc2=O)cc1. The molecule has 158 valence electrons. The Hall–Kier alpha value is -3.78. The first kappa shape index (κ1) is 20.5. The van der Waals surface area contributed by atoms with Crippen LogP contribution in [0.25, 0.3) is 22.1 Å². The molecule has 1 aromatic heterocycles. The summed E-state index contributed by atoms with van der Waals surface area (Å²) in [7, 11) is -1.01. The van der Waals surface area contributed by atoms with Crippen LogP contribution in [0.1, 0.15) is 0 Å². The first-order valence-electron chi connectivity index (χ1n) is 9.20. The molecule has 0 saturated carbocycles. The maximum atomic E-state index is 12.5. The summed E-state index contributed by atoms with van der Waals surface area (Å²) >= 11 is 0. The highest BCUT2D eigenvalue weighted by molar-refractivity contribution is 7.87. The van der Waals surface area contributed by atoms with Gasteiger partial charge in [-0.05, 0) is 60.2 Å². The number of rotatable bonds is 6. The summed E-state index contributed by atoms with van der Waals surface area (Å²) in [5.41, 5.74) is 0.728. The van der Waals surface area contributed by atoms with Crippen LogP contribution in [0.3, 0.4) is 0 Å². The molecule has 0 saturated heterocycles. The number of ether oxygens (including phenoxy) is 2. The molecule has 0 fully saturated rings. The lowest BCUT2D eigenvalue weighted by atomic mass is 10.1. The van der Waals surface area contributed by atoms with Crippen LogP contribution in [-0.4, -0.2) is 22.6 Å². The van der Waals surface area contributed by atoms with Crippen LogP contribution in [0, 0.1) is 0 Å². The van der Waals surface area contributed by atoms with Gasteiger partial charge in [0.1, 0.15) is 27.7 Å². The molecule has 1 heterocycles. The lowest BCUT2D eigenvalue weighted by molar-refractivity contribution is 0.414. The molecule has 0 atom stereocenters. The third kappa shape index (κ3) is 4.24. The van der Waals surface area contributed by atoms with Crippen molar-refractivity contribution in [2.24, 2.45) is 0 Å². The monoisotopic (exact) mass is 438 g/mol. The second-order valence-corrected chi connectivity index (χ2v) is 8.13. The second-order valence-electron chi connectivity index (χ2n) is 6.59. The van der Waals surface area contributed by atoms with Crippen molar-refractivity contribution in [3.8, 4) is 28.4 Å². The van der Waals surface area contributed by atoms with Crippen LogP contribution >= 0.6 is 0 Å². The highest BCUT2D eigenvalue weighted by Gasteiger charge is 2.18. The third-order valence-corrected chi connectivity index (χ3v) is 5.92. The molecule has 3 aromatic carbocycles. The largest absolute Gasteiger partial charge is 0.497 e. The van der Waals surface area contributed by atoms with Crippen molar-refractivity contribution < 1.29 is 26.5 Å². The van der Waals surface area contributed by atoms with Crippen LogP contribution in [0.5, 0.6) is 17.2 Å². The van der Waals surface area contributed by atoms with E-state index in [1.807, 2.05) is 0 Å². The van der Waals surface area contributed by atoms with Gasteiger partial charge in [-0.3, -0.25) is 0 Å². The van der Waals surface area contributed by atoms with Gasteiger partial charge in [-0.25, -0.2) is 4.79 Å². The molecule has 0 bridgehead atoms. The molecule has 0 aliphatic carbocycles. The minimum Gasteiger partial charge on any atom is -0.497 e. The van der Waals surface area contributed by atoms with E-state index in [1.54, 1.807) is 43.5 Å². The first-order valence-corrected chi connectivity index (χ1v) is 10.6. The molecule has 0 spiro atoms. The molecule has 31 heavy (non-hydrogen) atoms. The highest BCUT2D eigenvalue weighted by Crippen LogP contribution is 2.27. The van der Waals surface area contributed by atoms with E-state index in [2.05, 4.69) is 0 Å². The number of methoxy groups -OCH3 is 2. The molecule has 0 unspecified atom stereocenters. The van der Waals surface area contributed by atoms with Crippen LogP contribution in [0.4, 0.5) is 0 Å². The van der Waals surface area contributed by atoms with E-state index >= 15 is 0 Å². The normalized spacial score (nSPS) is 11.3. The van der Waals surface area contributed by atoms with E-state index in [9.17, 15) is 13.2 Å². The molecular formula is C23H18O7S. The standard InChI is InChI=1S/C23H18O7S/c1-27-17-6-3-15(4-7-17)21-13-16-5-8-19(14-22(16)29-23(21)24)30-31(25,26)20-11-9-18(28-2)10-12-20/h3-14H,1-2H3. The van der Waals surface area contributed by atoms with Crippen molar-refractivity contribution in [2.75, 3.05) is 14.2 Å². The molecule has 0 amide bonds. The molecule has 0 N–H and O–H groups in total. The molecule has 0 aliphatic heterocycles. The van der Waals surface area contributed by atoms with E-state index in [4.69, 9.17) is 18.1 Å². The fraction of sp³-hybridized carbons (Fsp3) is 0.0870. The maximum Gasteiger partial charge on any atom is 0.344 e. The van der Waals surface area contributed by atoms with Crippen molar-refractivity contribution in [1.29, 1.82) is 0 Å². The molecule has 0 aliphatic rings. The quantitative estimate of drug-likeness (QED) is 0.328. The number of benzene rings is 3. The summed E-state index contributed by atoms with van der Waals surface area (Å²) in [4.78, 5) is 12.5. The van der Waals surface area contributed by atoms with Crippen LogP contribution in [-0.2, 0) is 10.1 Å². The summed E-state index contributed by atoms with van der Waals surface area (Å²) in [6.07, 6.45) is 0. The predicted octanol–water partition coefficient (Wildman–Crippen LogP) is 4.24. The Morgan fingerprint density at radius 1 is 0.742 bits per heavy atom. The van der Waals surface area contributed by atoms with E-state index in [1.165, 1.54) is 43.5 Å². The Balaban J connectivity index is 1.65. The fourth-order valence-electron chi connectivity index (χ4n) is 3.03. The van der Waals surface area contributed by atoms with Crippen molar-refractivity contribution in [3.63, 3.8) is 0 Å². The zero-order chi connectivity index (χ0) is 22.0. The van der Waals surface area contributed by atoms with Gasteiger partial charge in [0.15, 0.2) is 0 Å². The summed E-state index contributed by atoms with van der Waals surface area (Å²) in [6.45, 7) is 0. The van der Waals surface area contributed by atoms with Gasteiger partial charge in [0, 0.05) is 11.5 Å². The van der Waals surface area contributed by atoms with Gasteiger partial charge in [-0.2, -0.15) is 8.42 Å². The smallest absolute Gasteiger partial charge is 0.344 e. The number of hydrogen-bond acceptors (Lipinski definition) is 7. The van der Waals surface area contributed by atoms with Gasteiger partial charge in [-0.1, -0.05) is 12.1 Å². The minimum absolute atomic E-state index is 0.0234. The van der Waals surface area contributed by atoms with Crippen LogP contribution in [0.2, 0.25) is 0 Å². The summed E-state index contributed by atoms with van der Waals surface area (Å²) in [5.74, 6) is 1.23. The minimum atomic E-state index is -4.06. The van der Waals surface area contributed by atoms with Gasteiger partial charge >= 0.3 is 15.7 Å². The predicted molar refractivity (Wildman–Crippen MR) is 115 cm³/mol. The van der Waals surface area contributed by atoms with E-state index in [0.29, 0.717) is 28.0 Å². The Bertz CT molecular complexity index is 1390. The Kier molecular flexibility index (Phi) is 5.39. The molecule has 8 heteroatoms. The molecule has 7 nitrogen and oxygen atoms in total. The lowest BCUT2D eigenvalue weighted by Crippen LogP contribution is -2.09. The molecule has 4 aromatic rings. The summed E-state index contributed by atoms with van der Waals surface area (Å²) in [6, 6.07) is 19.0. The van der Waals surface area contributed by atoms with Gasteiger partial charge in [0.2, 0.25) is 0 Å². The Labute approximate surface area is 178 Å². The molecular weight excluding hydrogens is 420 g/mol. The summed E-state index contributed by atoms with van der Waals surface area (Å²) in [5, 5.41) is 0.625. The highest BCUT2D eigenvalue weighted by atomic mass is 32.2. The van der Waals surface area contributed by atoms with Gasteiger partial charge in [0.25, 0.3) is 0 Å². The zero-order valence-electron chi connectivity index (χ0n) is 16.7.